The van der Waals surface area contributed by atoms with E-state index in [1.807, 2.05) is 28.3 Å². The molecule has 1 unspecified atom stereocenters. The third-order valence-electron chi connectivity index (χ3n) is 2.67. The van der Waals surface area contributed by atoms with Crippen molar-refractivity contribution in [3.05, 3.63) is 29.9 Å². The van der Waals surface area contributed by atoms with Gasteiger partial charge in [0.25, 0.3) is 0 Å². The molecule has 0 bridgehead atoms. The maximum atomic E-state index is 11.6. The highest BCUT2D eigenvalue weighted by Crippen LogP contribution is 2.22. The second-order valence-corrected chi connectivity index (χ2v) is 4.69. The zero-order valence-electron chi connectivity index (χ0n) is 10.3. The quantitative estimate of drug-likeness (QED) is 0.830. The number of imidazole rings is 1. The molecule has 2 aromatic rings. The molecule has 0 fully saturated rings. The van der Waals surface area contributed by atoms with Crippen molar-refractivity contribution in [3.8, 4) is 10.7 Å². The Kier molecular flexibility index (Phi) is 4.11. The van der Waals surface area contributed by atoms with Crippen molar-refractivity contribution >= 4 is 17.3 Å². The number of carbonyl (C=O) groups is 1. The minimum atomic E-state index is -0.372. The van der Waals surface area contributed by atoms with Gasteiger partial charge in [0.1, 0.15) is 11.9 Å². The highest BCUT2D eigenvalue weighted by molar-refractivity contribution is 7.13. The molecule has 1 N–H and O–H groups in total. The lowest BCUT2D eigenvalue weighted by atomic mass is 10.3. The number of esters is 1. The van der Waals surface area contributed by atoms with Crippen molar-refractivity contribution in [2.45, 2.75) is 12.6 Å². The molecule has 0 aliphatic rings. The van der Waals surface area contributed by atoms with Crippen LogP contribution in [0.25, 0.3) is 10.7 Å². The number of methoxy groups -OCH3 is 1. The maximum Gasteiger partial charge on any atom is 0.324 e. The summed E-state index contributed by atoms with van der Waals surface area (Å²) in [5.74, 6) is 0.595. The third-order valence-corrected chi connectivity index (χ3v) is 3.54. The summed E-state index contributed by atoms with van der Waals surface area (Å²) in [5, 5.41) is 4.95. The van der Waals surface area contributed by atoms with Gasteiger partial charge in [-0.3, -0.25) is 4.79 Å². The Bertz CT molecular complexity index is 507. The van der Waals surface area contributed by atoms with Crippen LogP contribution in [0, 0.1) is 0 Å². The molecule has 96 valence electrons. The highest BCUT2D eigenvalue weighted by atomic mass is 32.1. The first-order chi connectivity index (χ1) is 8.76. The Morgan fingerprint density at radius 1 is 1.67 bits per heavy atom. The van der Waals surface area contributed by atoms with Crippen LogP contribution in [0.15, 0.2) is 29.9 Å². The van der Waals surface area contributed by atoms with E-state index in [1.165, 1.54) is 7.11 Å². The van der Waals surface area contributed by atoms with Gasteiger partial charge >= 0.3 is 5.97 Å². The lowest BCUT2D eigenvalue weighted by molar-refractivity contribution is -0.143. The summed E-state index contributed by atoms with van der Waals surface area (Å²) in [7, 11) is 3.13. The molecule has 0 aliphatic carbocycles. The van der Waals surface area contributed by atoms with E-state index in [1.54, 1.807) is 24.6 Å². The topological polar surface area (TPSA) is 56.2 Å². The Labute approximate surface area is 109 Å². The summed E-state index contributed by atoms with van der Waals surface area (Å²) >= 11 is 1.62. The molecule has 0 aliphatic heterocycles. The van der Waals surface area contributed by atoms with Gasteiger partial charge in [0.2, 0.25) is 0 Å². The van der Waals surface area contributed by atoms with Crippen LogP contribution in [0.5, 0.6) is 0 Å². The van der Waals surface area contributed by atoms with Crippen LogP contribution in [0.4, 0.5) is 0 Å². The van der Waals surface area contributed by atoms with Gasteiger partial charge in [0, 0.05) is 12.4 Å². The van der Waals surface area contributed by atoms with Crippen LogP contribution in [-0.4, -0.2) is 35.7 Å². The molecule has 18 heavy (non-hydrogen) atoms. The Morgan fingerprint density at radius 3 is 3.11 bits per heavy atom. The lowest BCUT2D eigenvalue weighted by Gasteiger charge is -2.15. The molecule has 2 rings (SSSR count). The van der Waals surface area contributed by atoms with Crippen LogP contribution in [-0.2, 0) is 16.1 Å². The number of thiophene rings is 1. The first-order valence-electron chi connectivity index (χ1n) is 5.56. The van der Waals surface area contributed by atoms with Crippen LogP contribution in [0.3, 0.4) is 0 Å². The van der Waals surface area contributed by atoms with Gasteiger partial charge in [0.15, 0.2) is 0 Å². The fourth-order valence-corrected chi connectivity index (χ4v) is 2.45. The number of likely N-dealkylation sites (N-methyl/N-ethyl adjacent to an activating group) is 1. The largest absolute Gasteiger partial charge is 0.468 e. The van der Waals surface area contributed by atoms with Gasteiger partial charge in [-0.25, -0.2) is 4.98 Å². The number of hydrogen-bond donors (Lipinski definition) is 1. The maximum absolute atomic E-state index is 11.6. The van der Waals surface area contributed by atoms with Gasteiger partial charge in [-0.1, -0.05) is 6.07 Å². The summed E-state index contributed by atoms with van der Waals surface area (Å²) in [4.78, 5) is 17.0. The predicted molar refractivity (Wildman–Crippen MR) is 70.4 cm³/mol. The number of rotatable bonds is 5. The van der Waals surface area contributed by atoms with Crippen molar-refractivity contribution < 1.29 is 9.53 Å². The number of aromatic nitrogens is 2. The summed E-state index contributed by atoms with van der Waals surface area (Å²) in [5.41, 5.74) is 0. The van der Waals surface area contributed by atoms with E-state index in [2.05, 4.69) is 10.3 Å². The SMILES string of the molecule is CNC(Cn1ccnc1-c1cccs1)C(=O)OC. The zero-order valence-corrected chi connectivity index (χ0v) is 11.1. The number of nitrogens with zero attached hydrogens (tertiary/aromatic N) is 2. The van der Waals surface area contributed by atoms with Crippen molar-refractivity contribution in [2.24, 2.45) is 0 Å². The summed E-state index contributed by atoms with van der Waals surface area (Å²) < 4.78 is 6.70. The van der Waals surface area contributed by atoms with Crippen LogP contribution < -0.4 is 5.32 Å². The fraction of sp³-hybridized carbons (Fsp3) is 0.333. The molecule has 2 aromatic heterocycles. The number of hydrogen-bond acceptors (Lipinski definition) is 5. The molecule has 1 atom stereocenters. The van der Waals surface area contributed by atoms with E-state index >= 15 is 0 Å². The van der Waals surface area contributed by atoms with E-state index in [9.17, 15) is 4.79 Å². The average Bonchev–Trinajstić information content (AvgIpc) is 3.05. The van der Waals surface area contributed by atoms with E-state index < -0.39 is 0 Å². The molecule has 6 heteroatoms. The summed E-state index contributed by atoms with van der Waals surface area (Å²) in [6, 6.07) is 3.62. The minimum absolute atomic E-state index is 0.275. The van der Waals surface area contributed by atoms with E-state index in [0.29, 0.717) is 6.54 Å². The minimum Gasteiger partial charge on any atom is -0.468 e. The average molecular weight is 265 g/mol. The number of carbonyl (C=O) groups excluding carboxylic acids is 1. The first-order valence-corrected chi connectivity index (χ1v) is 6.44. The lowest BCUT2D eigenvalue weighted by Crippen LogP contribution is -2.38. The predicted octanol–water partition coefficient (Wildman–Crippen LogP) is 1.37. The van der Waals surface area contributed by atoms with Gasteiger partial charge in [-0.05, 0) is 18.5 Å². The van der Waals surface area contributed by atoms with E-state index in [4.69, 9.17) is 4.74 Å². The highest BCUT2D eigenvalue weighted by Gasteiger charge is 2.19. The second kappa shape index (κ2) is 5.79. The Morgan fingerprint density at radius 2 is 2.50 bits per heavy atom. The van der Waals surface area contributed by atoms with E-state index in [-0.39, 0.29) is 12.0 Å². The number of ether oxygens (including phenoxy) is 1. The molecule has 0 spiro atoms. The molecule has 0 aromatic carbocycles. The van der Waals surface area contributed by atoms with Crippen molar-refractivity contribution in [1.29, 1.82) is 0 Å². The molecule has 0 saturated carbocycles. The first kappa shape index (κ1) is 12.8. The fourth-order valence-electron chi connectivity index (χ4n) is 1.71. The zero-order chi connectivity index (χ0) is 13.0. The molecular weight excluding hydrogens is 250 g/mol. The smallest absolute Gasteiger partial charge is 0.324 e. The summed E-state index contributed by atoms with van der Waals surface area (Å²) in [6.07, 6.45) is 3.60. The third kappa shape index (κ3) is 2.60. The standard InChI is InChI=1S/C12H15N3O2S/c1-13-9(12(16)17-2)8-15-6-5-14-11(15)10-4-3-7-18-10/h3-7,9,13H,8H2,1-2H3. The normalized spacial score (nSPS) is 12.3. The van der Waals surface area contributed by atoms with E-state index in [0.717, 1.165) is 10.7 Å². The van der Waals surface area contributed by atoms with Crippen LogP contribution >= 0.6 is 11.3 Å². The Hall–Kier alpha value is -1.66. The van der Waals surface area contributed by atoms with Crippen molar-refractivity contribution in [3.63, 3.8) is 0 Å². The molecule has 5 nitrogen and oxygen atoms in total. The monoisotopic (exact) mass is 265 g/mol. The van der Waals surface area contributed by atoms with Gasteiger partial charge < -0.3 is 14.6 Å². The van der Waals surface area contributed by atoms with Crippen LogP contribution in [0.2, 0.25) is 0 Å². The molecule has 0 amide bonds. The molecule has 2 heterocycles. The van der Waals surface area contributed by atoms with Crippen molar-refractivity contribution in [2.75, 3.05) is 14.2 Å². The number of nitrogens with one attached hydrogen (secondary N) is 1. The van der Waals surface area contributed by atoms with Gasteiger partial charge in [0.05, 0.1) is 18.5 Å². The van der Waals surface area contributed by atoms with Crippen LogP contribution in [0.1, 0.15) is 0 Å². The second-order valence-electron chi connectivity index (χ2n) is 3.74. The summed E-state index contributed by atoms with van der Waals surface area (Å²) in [6.45, 7) is 0.496. The molecular formula is C12H15N3O2S. The van der Waals surface area contributed by atoms with Crippen molar-refractivity contribution in [1.82, 2.24) is 14.9 Å². The van der Waals surface area contributed by atoms with Gasteiger partial charge in [-0.2, -0.15) is 0 Å². The van der Waals surface area contributed by atoms with Gasteiger partial charge in [-0.15, -0.1) is 11.3 Å². The molecule has 0 radical (unpaired) electrons. The molecule has 0 saturated heterocycles. The Balaban J connectivity index is 2.20.